The average molecular weight is 528 g/mol. The molecule has 9 heteroatoms. The highest BCUT2D eigenvalue weighted by molar-refractivity contribution is 6.11. The van der Waals surface area contributed by atoms with Gasteiger partial charge in [-0.15, -0.1) is 0 Å². The highest BCUT2D eigenvalue weighted by Crippen LogP contribution is 2.57. The van der Waals surface area contributed by atoms with Crippen molar-refractivity contribution in [2.45, 2.75) is 64.8 Å². The molecule has 0 bridgehead atoms. The lowest BCUT2D eigenvalue weighted by Gasteiger charge is -2.56. The van der Waals surface area contributed by atoms with Crippen LogP contribution < -0.4 is 11.1 Å². The van der Waals surface area contributed by atoms with Crippen LogP contribution in [-0.2, 0) is 16.1 Å². The van der Waals surface area contributed by atoms with E-state index < -0.39 is 41.3 Å². The van der Waals surface area contributed by atoms with Crippen LogP contribution in [0.15, 0.2) is 29.4 Å². The van der Waals surface area contributed by atoms with Crippen LogP contribution in [0.2, 0.25) is 0 Å². The number of amides is 1. The first-order valence-electron chi connectivity index (χ1n) is 13.2. The number of Topliss-reactive ketones (excluding diaryl/α,β-unsaturated/α-hetero) is 1. The van der Waals surface area contributed by atoms with E-state index in [-0.39, 0.29) is 45.5 Å². The molecule has 0 radical (unpaired) electrons. The van der Waals surface area contributed by atoms with Gasteiger partial charge in [0.15, 0.2) is 11.4 Å². The Morgan fingerprint density at radius 1 is 1.18 bits per heavy atom. The van der Waals surface area contributed by atoms with Gasteiger partial charge in [0.25, 0.3) is 0 Å². The molecule has 208 valence electrons. The van der Waals surface area contributed by atoms with Gasteiger partial charge in [0, 0.05) is 47.7 Å². The highest BCUT2D eigenvalue weighted by atomic mass is 16.3. The van der Waals surface area contributed by atoms with Crippen molar-refractivity contribution in [2.75, 3.05) is 20.6 Å². The first-order valence-corrected chi connectivity index (χ1v) is 13.2. The van der Waals surface area contributed by atoms with Crippen LogP contribution in [0.25, 0.3) is 5.76 Å². The molecule has 3 aliphatic rings. The van der Waals surface area contributed by atoms with Crippen LogP contribution in [-0.4, -0.2) is 75.4 Å². The molecule has 4 rings (SSSR count). The number of aromatic hydroxyl groups is 1. The monoisotopic (exact) mass is 527 g/mol. The number of carbonyl (C=O) groups excluding carboxylic acids is 2. The lowest BCUT2D eigenvalue weighted by Crippen LogP contribution is -2.67. The van der Waals surface area contributed by atoms with Crippen molar-refractivity contribution in [3.63, 3.8) is 0 Å². The molecular formula is C29H41N3O6. The molecule has 3 aliphatic carbocycles. The van der Waals surface area contributed by atoms with E-state index in [1.165, 1.54) is 0 Å². The van der Waals surface area contributed by atoms with Crippen molar-refractivity contribution < 1.29 is 30.0 Å². The number of nitrogens with one attached hydrogen (secondary N) is 1. The second-order valence-electron chi connectivity index (χ2n) is 12.7. The van der Waals surface area contributed by atoms with Gasteiger partial charge in [-0.2, -0.15) is 0 Å². The lowest BCUT2D eigenvalue weighted by atomic mass is 9.52. The summed E-state index contributed by atoms with van der Waals surface area (Å²) in [5.74, 6) is -4.05. The van der Waals surface area contributed by atoms with Gasteiger partial charge in [0.2, 0.25) is 5.91 Å². The maximum atomic E-state index is 14.1. The summed E-state index contributed by atoms with van der Waals surface area (Å²) < 4.78 is 0. The zero-order chi connectivity index (χ0) is 28.5. The van der Waals surface area contributed by atoms with Crippen molar-refractivity contribution in [1.29, 1.82) is 0 Å². The van der Waals surface area contributed by atoms with Gasteiger partial charge in [0.1, 0.15) is 11.5 Å². The van der Waals surface area contributed by atoms with E-state index in [1.807, 2.05) is 26.0 Å². The van der Waals surface area contributed by atoms with Crippen LogP contribution in [0.5, 0.6) is 5.75 Å². The summed E-state index contributed by atoms with van der Waals surface area (Å²) in [5.41, 5.74) is 4.68. The molecule has 0 aromatic heterocycles. The zero-order valence-corrected chi connectivity index (χ0v) is 23.2. The number of aliphatic hydroxyl groups is 3. The fraction of sp³-hybridized carbons (Fsp3) is 0.586. The smallest absolute Gasteiger partial charge is 0.247 e. The third-order valence-electron chi connectivity index (χ3n) is 8.63. The minimum atomic E-state index is -2.17. The van der Waals surface area contributed by atoms with E-state index in [2.05, 4.69) is 26.1 Å². The number of likely N-dealkylation sites (N-methyl/N-ethyl adjacent to an activating group) is 1. The number of nitrogens with zero attached hydrogens (tertiary/aromatic N) is 1. The number of rotatable bonds is 5. The van der Waals surface area contributed by atoms with Crippen molar-refractivity contribution in [3.05, 3.63) is 46.0 Å². The maximum Gasteiger partial charge on any atom is 0.247 e. The number of benzene rings is 1. The van der Waals surface area contributed by atoms with Gasteiger partial charge >= 0.3 is 0 Å². The van der Waals surface area contributed by atoms with Crippen LogP contribution in [0.1, 0.15) is 57.2 Å². The number of carbonyl (C=O) groups is 2. The maximum absolute atomic E-state index is 14.1. The summed E-state index contributed by atoms with van der Waals surface area (Å²) in [4.78, 5) is 28.0. The Morgan fingerprint density at radius 3 is 2.37 bits per heavy atom. The summed E-state index contributed by atoms with van der Waals surface area (Å²) in [6, 6.07) is 2.94. The number of fused-ring (bicyclic) bond motifs is 3. The number of primary amides is 1. The normalized spacial score (nSPS) is 33.0. The first kappa shape index (κ1) is 28.3. The summed E-state index contributed by atoms with van der Waals surface area (Å²) in [6.45, 7) is 11.2. The molecule has 1 aromatic carbocycles. The number of aliphatic hydroxyl groups excluding tert-OH is 2. The number of ketones is 1. The van der Waals surface area contributed by atoms with E-state index in [0.29, 0.717) is 24.2 Å². The molecule has 7 atom stereocenters. The number of hydrogen-bond donors (Lipinski definition) is 6. The van der Waals surface area contributed by atoms with Crippen LogP contribution in [0.3, 0.4) is 0 Å². The second-order valence-corrected chi connectivity index (χ2v) is 12.7. The molecule has 0 saturated heterocycles. The van der Waals surface area contributed by atoms with Crippen molar-refractivity contribution in [1.82, 2.24) is 10.2 Å². The number of nitrogens with two attached hydrogens (primary N) is 1. The van der Waals surface area contributed by atoms with E-state index in [0.717, 1.165) is 6.08 Å². The molecule has 1 saturated carbocycles. The topological polar surface area (TPSA) is 156 Å². The molecule has 0 heterocycles. The lowest BCUT2D eigenvalue weighted by molar-refractivity contribution is -0.153. The number of phenolic OH excluding ortho intramolecular Hbond substituents is 1. The molecule has 1 fully saturated rings. The van der Waals surface area contributed by atoms with Crippen molar-refractivity contribution in [3.8, 4) is 5.75 Å². The summed E-state index contributed by atoms with van der Waals surface area (Å²) in [6.07, 6.45) is -0.215. The van der Waals surface area contributed by atoms with E-state index in [1.54, 1.807) is 19.0 Å². The van der Waals surface area contributed by atoms with Gasteiger partial charge in [-0.1, -0.05) is 46.8 Å². The van der Waals surface area contributed by atoms with E-state index >= 15 is 0 Å². The van der Waals surface area contributed by atoms with Gasteiger partial charge < -0.3 is 36.4 Å². The molecular weight excluding hydrogens is 486 g/mol. The third-order valence-corrected chi connectivity index (χ3v) is 8.63. The summed E-state index contributed by atoms with van der Waals surface area (Å²) in [5, 5.41) is 49.0. The summed E-state index contributed by atoms with van der Waals surface area (Å²) >= 11 is 0. The molecule has 7 N–H and O–H groups in total. The molecule has 9 nitrogen and oxygen atoms in total. The van der Waals surface area contributed by atoms with Gasteiger partial charge in [-0.3, -0.25) is 9.59 Å². The zero-order valence-electron chi connectivity index (χ0n) is 23.2. The predicted octanol–water partition coefficient (Wildman–Crippen LogP) is 1.81. The fourth-order valence-electron chi connectivity index (χ4n) is 6.95. The van der Waals surface area contributed by atoms with Gasteiger partial charge in [-0.05, 0) is 43.0 Å². The molecule has 1 unspecified atom stereocenters. The SMILES string of the molecule is C[C@H]1[C@H]2C(=C(O)c3c(ccc(CNCC(C)(C)C)c3O)[C@@H]2C)C(=O)[C@]2(O)C=C(C(N)=O)C(O)[C@@H](N(C)C)[C@H]12. The quantitative estimate of drug-likeness (QED) is 0.339. The van der Waals surface area contributed by atoms with Crippen LogP contribution in [0.4, 0.5) is 0 Å². The van der Waals surface area contributed by atoms with Crippen molar-refractivity contribution >= 4 is 17.4 Å². The number of hydrogen-bond acceptors (Lipinski definition) is 8. The minimum Gasteiger partial charge on any atom is -0.507 e. The minimum absolute atomic E-state index is 0.0281. The Bertz CT molecular complexity index is 1230. The highest BCUT2D eigenvalue weighted by Gasteiger charge is 2.63. The number of phenols is 1. The Labute approximate surface area is 224 Å². The third kappa shape index (κ3) is 4.25. The van der Waals surface area contributed by atoms with Gasteiger partial charge in [-0.25, -0.2) is 0 Å². The predicted molar refractivity (Wildman–Crippen MR) is 144 cm³/mol. The molecule has 0 aliphatic heterocycles. The molecule has 1 aromatic rings. The standard InChI is InChI=1S/C29H41N3O6/c1-13-16-9-8-15(11-31-12-28(3,4)5)23(33)19(16)25(35)20-18(13)14(2)21-22(32(6)7)24(34)17(27(30)37)10-29(21,38)26(20)36/h8-10,13-14,18,21-22,24,31,33-35,38H,11-12H2,1-7H3,(H2,30,37)/t13-,14-,18-,21-,22-,24?,29-/m0/s1. The second kappa shape index (κ2) is 9.48. The van der Waals surface area contributed by atoms with E-state index in [9.17, 15) is 30.0 Å². The Morgan fingerprint density at radius 2 is 1.82 bits per heavy atom. The fourth-order valence-corrected chi connectivity index (χ4v) is 6.95. The first-order chi connectivity index (χ1) is 17.5. The Kier molecular flexibility index (Phi) is 7.06. The van der Waals surface area contributed by atoms with Crippen LogP contribution >= 0.6 is 0 Å². The molecule has 38 heavy (non-hydrogen) atoms. The average Bonchev–Trinajstić information content (AvgIpc) is 2.80. The van der Waals surface area contributed by atoms with E-state index in [4.69, 9.17) is 5.73 Å². The van der Waals surface area contributed by atoms with Crippen molar-refractivity contribution in [2.24, 2.45) is 28.9 Å². The van der Waals surface area contributed by atoms with Crippen LogP contribution in [0, 0.1) is 23.2 Å². The summed E-state index contributed by atoms with van der Waals surface area (Å²) in [7, 11) is 3.43. The largest absolute Gasteiger partial charge is 0.507 e. The van der Waals surface area contributed by atoms with Gasteiger partial charge in [0.05, 0.1) is 11.7 Å². The Balaban J connectivity index is 1.87. The molecule has 1 amide bonds. The Hall–Kier alpha value is -2.72. The molecule has 0 spiro atoms.